The van der Waals surface area contributed by atoms with Crippen LogP contribution >= 0.6 is 11.3 Å². The van der Waals surface area contributed by atoms with E-state index < -0.39 is 12.3 Å². The molecule has 1 saturated heterocycles. The fourth-order valence-electron chi connectivity index (χ4n) is 4.26. The third-order valence-electron chi connectivity index (χ3n) is 5.49. The fraction of sp³-hybridized carbons (Fsp3) is 0.647. The second kappa shape index (κ2) is 6.00. The topological polar surface area (TPSA) is 69.6 Å². The highest BCUT2D eigenvalue weighted by molar-refractivity contribution is 7.10. The number of nitrogens with zero attached hydrogens (tertiary/aromatic N) is 1. The first-order valence-corrected chi connectivity index (χ1v) is 9.41. The predicted molar refractivity (Wildman–Crippen MR) is 86.8 cm³/mol. The molecule has 5 nitrogen and oxygen atoms in total. The van der Waals surface area contributed by atoms with Gasteiger partial charge in [-0.3, -0.25) is 19.8 Å². The molecule has 2 atom stereocenters. The van der Waals surface area contributed by atoms with Gasteiger partial charge in [0.15, 0.2) is 0 Å². The molecule has 0 aromatic carbocycles. The maximum Gasteiger partial charge on any atom is 0.244 e. The van der Waals surface area contributed by atoms with Gasteiger partial charge in [0.25, 0.3) is 0 Å². The molecule has 4 rings (SSSR count). The Morgan fingerprint density at radius 3 is 2.74 bits per heavy atom. The van der Waals surface area contributed by atoms with Crippen LogP contribution in [0.5, 0.6) is 0 Å². The SMILES string of the molecule is O=C1CCC[C@H](N2Cc3c(C4CCCC4)csc3C2O)C(=O)N1. The summed E-state index contributed by atoms with van der Waals surface area (Å²) >= 11 is 1.62. The summed E-state index contributed by atoms with van der Waals surface area (Å²) in [5.74, 6) is 0.156. The van der Waals surface area contributed by atoms with Crippen LogP contribution in [0.4, 0.5) is 0 Å². The van der Waals surface area contributed by atoms with E-state index in [1.54, 1.807) is 11.3 Å². The highest BCUT2D eigenvalue weighted by atomic mass is 32.1. The van der Waals surface area contributed by atoms with Gasteiger partial charge < -0.3 is 5.11 Å². The normalized spacial score (nSPS) is 29.6. The van der Waals surface area contributed by atoms with Crippen LogP contribution < -0.4 is 5.32 Å². The number of aliphatic hydroxyl groups excluding tert-OH is 1. The van der Waals surface area contributed by atoms with Crippen LogP contribution in [0.15, 0.2) is 5.38 Å². The van der Waals surface area contributed by atoms with E-state index in [0.717, 1.165) is 4.88 Å². The molecule has 1 aromatic heterocycles. The Hall–Kier alpha value is -1.24. The van der Waals surface area contributed by atoms with Crippen molar-refractivity contribution in [3.05, 3.63) is 21.4 Å². The quantitative estimate of drug-likeness (QED) is 0.815. The minimum atomic E-state index is -0.714. The molecule has 3 aliphatic rings. The molecule has 1 unspecified atom stereocenters. The maximum atomic E-state index is 12.3. The van der Waals surface area contributed by atoms with Gasteiger partial charge in [0, 0.05) is 13.0 Å². The minimum absolute atomic E-state index is 0.201. The van der Waals surface area contributed by atoms with Gasteiger partial charge >= 0.3 is 0 Å². The predicted octanol–water partition coefficient (Wildman–Crippen LogP) is 2.41. The number of nitrogens with one attached hydrogen (secondary N) is 1. The van der Waals surface area contributed by atoms with Crippen molar-refractivity contribution in [3.63, 3.8) is 0 Å². The Balaban J connectivity index is 1.58. The van der Waals surface area contributed by atoms with Crippen molar-refractivity contribution in [2.75, 3.05) is 0 Å². The molecular formula is C17H22N2O3S. The van der Waals surface area contributed by atoms with Crippen molar-refractivity contribution in [1.82, 2.24) is 10.2 Å². The third kappa shape index (κ3) is 2.62. The van der Waals surface area contributed by atoms with Gasteiger partial charge in [0.2, 0.25) is 11.8 Å². The zero-order chi connectivity index (χ0) is 16.0. The molecule has 0 bridgehead atoms. The van der Waals surface area contributed by atoms with Crippen LogP contribution in [0.2, 0.25) is 0 Å². The minimum Gasteiger partial charge on any atom is -0.373 e. The molecule has 2 amide bonds. The summed E-state index contributed by atoms with van der Waals surface area (Å²) in [6.07, 6.45) is 6.03. The second-order valence-electron chi connectivity index (χ2n) is 6.88. The van der Waals surface area contributed by atoms with Gasteiger partial charge in [0.05, 0.1) is 10.9 Å². The van der Waals surface area contributed by atoms with Crippen molar-refractivity contribution >= 4 is 23.2 Å². The van der Waals surface area contributed by atoms with Gasteiger partial charge in [-0.25, -0.2) is 0 Å². The molecule has 2 N–H and O–H groups in total. The van der Waals surface area contributed by atoms with Crippen molar-refractivity contribution in [2.24, 2.45) is 0 Å². The molecule has 2 fully saturated rings. The molecule has 3 heterocycles. The van der Waals surface area contributed by atoms with Crippen LogP contribution in [0.1, 0.15) is 73.1 Å². The molecule has 1 aliphatic carbocycles. The van der Waals surface area contributed by atoms with E-state index in [9.17, 15) is 14.7 Å². The van der Waals surface area contributed by atoms with Gasteiger partial charge in [-0.1, -0.05) is 12.8 Å². The summed E-state index contributed by atoms with van der Waals surface area (Å²) in [6.45, 7) is 0.623. The summed E-state index contributed by atoms with van der Waals surface area (Å²) in [5.41, 5.74) is 2.62. The first-order valence-electron chi connectivity index (χ1n) is 8.53. The Bertz CT molecular complexity index is 636. The van der Waals surface area contributed by atoms with Crippen molar-refractivity contribution in [1.29, 1.82) is 0 Å². The number of carbonyl (C=O) groups excluding carboxylic acids is 2. The molecule has 0 spiro atoms. The molecule has 23 heavy (non-hydrogen) atoms. The number of fused-ring (bicyclic) bond motifs is 1. The van der Waals surface area contributed by atoms with Gasteiger partial charge in [-0.2, -0.15) is 0 Å². The molecule has 124 valence electrons. The van der Waals surface area contributed by atoms with Gasteiger partial charge in [-0.15, -0.1) is 11.3 Å². The zero-order valence-corrected chi connectivity index (χ0v) is 13.9. The van der Waals surface area contributed by atoms with E-state index in [1.165, 1.54) is 36.8 Å². The second-order valence-corrected chi connectivity index (χ2v) is 7.79. The summed E-state index contributed by atoms with van der Waals surface area (Å²) < 4.78 is 0. The third-order valence-corrected chi connectivity index (χ3v) is 6.57. The standard InChI is InChI=1S/C17H22N2O3S/c20-14-7-3-6-13(16(21)18-14)19-8-11-12(10-4-1-2-5-10)9-23-15(11)17(19)22/h9-10,13,17,22H,1-8H2,(H,18,20,21)/t13-,17?/m0/s1. The van der Waals surface area contributed by atoms with Crippen molar-refractivity contribution < 1.29 is 14.7 Å². The van der Waals surface area contributed by atoms with Crippen LogP contribution in [0, 0.1) is 0 Å². The lowest BCUT2D eigenvalue weighted by atomic mass is 9.96. The number of amides is 2. The Kier molecular flexibility index (Phi) is 3.99. The van der Waals surface area contributed by atoms with E-state index in [2.05, 4.69) is 10.7 Å². The average molecular weight is 334 g/mol. The fourth-order valence-corrected chi connectivity index (χ4v) is 5.43. The first-order chi connectivity index (χ1) is 11.1. The number of carbonyl (C=O) groups is 2. The molecule has 6 heteroatoms. The first kappa shape index (κ1) is 15.3. The highest BCUT2D eigenvalue weighted by Crippen LogP contribution is 2.46. The lowest BCUT2D eigenvalue weighted by Gasteiger charge is -2.28. The Morgan fingerprint density at radius 1 is 1.17 bits per heavy atom. The molecular weight excluding hydrogens is 312 g/mol. The van der Waals surface area contributed by atoms with Crippen LogP contribution in [0.3, 0.4) is 0 Å². The number of aliphatic hydroxyl groups is 1. The van der Waals surface area contributed by atoms with E-state index in [0.29, 0.717) is 31.7 Å². The lowest BCUT2D eigenvalue weighted by molar-refractivity contribution is -0.135. The number of thiophene rings is 1. The highest BCUT2D eigenvalue weighted by Gasteiger charge is 2.41. The zero-order valence-electron chi connectivity index (χ0n) is 13.1. The number of hydrogen-bond donors (Lipinski definition) is 2. The van der Waals surface area contributed by atoms with E-state index >= 15 is 0 Å². The summed E-state index contributed by atoms with van der Waals surface area (Å²) in [6, 6.07) is -0.410. The largest absolute Gasteiger partial charge is 0.373 e. The van der Waals surface area contributed by atoms with Crippen molar-refractivity contribution in [2.45, 2.75) is 69.7 Å². The number of hydrogen-bond acceptors (Lipinski definition) is 5. The maximum absolute atomic E-state index is 12.3. The van der Waals surface area contributed by atoms with Gasteiger partial charge in [-0.05, 0) is 48.1 Å². The molecule has 2 aliphatic heterocycles. The Morgan fingerprint density at radius 2 is 1.96 bits per heavy atom. The van der Waals surface area contributed by atoms with Crippen LogP contribution in [0.25, 0.3) is 0 Å². The van der Waals surface area contributed by atoms with Crippen molar-refractivity contribution in [3.8, 4) is 0 Å². The smallest absolute Gasteiger partial charge is 0.244 e. The van der Waals surface area contributed by atoms with Crippen LogP contribution in [-0.4, -0.2) is 27.9 Å². The summed E-state index contributed by atoms with van der Waals surface area (Å²) in [7, 11) is 0. The molecule has 0 radical (unpaired) electrons. The van der Waals surface area contributed by atoms with Crippen LogP contribution in [-0.2, 0) is 16.1 Å². The molecule has 1 saturated carbocycles. The number of imide groups is 1. The summed E-state index contributed by atoms with van der Waals surface area (Å²) in [4.78, 5) is 26.7. The van der Waals surface area contributed by atoms with E-state index in [-0.39, 0.29) is 11.8 Å². The van der Waals surface area contributed by atoms with E-state index in [4.69, 9.17) is 0 Å². The average Bonchev–Trinajstić information content (AvgIpc) is 3.20. The Labute approximate surface area is 139 Å². The van der Waals surface area contributed by atoms with Gasteiger partial charge in [0.1, 0.15) is 6.23 Å². The summed E-state index contributed by atoms with van der Waals surface area (Å²) in [5, 5.41) is 15.4. The lowest BCUT2D eigenvalue weighted by Crippen LogP contribution is -2.46. The monoisotopic (exact) mass is 334 g/mol. The number of rotatable bonds is 2. The van der Waals surface area contributed by atoms with E-state index in [1.807, 2.05) is 4.90 Å². The molecule has 1 aromatic rings.